The average Bonchev–Trinajstić information content (AvgIpc) is 2.64. The van der Waals surface area contributed by atoms with Crippen LogP contribution in [0.15, 0.2) is 42.5 Å². The van der Waals surface area contributed by atoms with Gasteiger partial charge in [-0.05, 0) is 17.7 Å². The number of hydrogen-bond acceptors (Lipinski definition) is 2. The number of ether oxygens (including phenoxy) is 1. The van der Waals surface area contributed by atoms with Crippen LogP contribution in [-0.4, -0.2) is 19.6 Å². The highest BCUT2D eigenvalue weighted by Gasteiger charge is 2.52. The van der Waals surface area contributed by atoms with Gasteiger partial charge in [-0.3, -0.25) is 4.79 Å². The number of carbonyl (C=O) groups excluding carboxylic acids is 1. The van der Waals surface area contributed by atoms with Gasteiger partial charge in [0.05, 0.1) is 12.3 Å². The molecule has 0 aliphatic carbocycles. The van der Waals surface area contributed by atoms with E-state index in [1.54, 1.807) is 24.1 Å². The standard InChI is InChI=1S/C15H14ClNO2/c1-3-10-7-8-15(19-9-10)13-11(16)5-4-6-12(13)17(2)14(15)18/h3-7H,1,8-9H2,2H3. The molecule has 2 aliphatic heterocycles. The highest BCUT2D eigenvalue weighted by atomic mass is 35.5. The SMILES string of the molecule is C=CC1=CCC2(OC1)C(=O)N(C)c1cccc(Cl)c12. The fourth-order valence-electron chi connectivity index (χ4n) is 2.74. The Balaban J connectivity index is 2.17. The fraction of sp³-hybridized carbons (Fsp3) is 0.267. The van der Waals surface area contributed by atoms with E-state index >= 15 is 0 Å². The van der Waals surface area contributed by atoms with Gasteiger partial charge in [0.2, 0.25) is 0 Å². The van der Waals surface area contributed by atoms with Gasteiger partial charge in [0.1, 0.15) is 0 Å². The molecular weight excluding hydrogens is 262 g/mol. The Kier molecular flexibility index (Phi) is 2.77. The first kappa shape index (κ1) is 12.5. The number of amides is 1. The number of anilines is 1. The predicted octanol–water partition coefficient (Wildman–Crippen LogP) is 3.04. The molecule has 1 aromatic carbocycles. The van der Waals surface area contributed by atoms with Gasteiger partial charge in [-0.2, -0.15) is 0 Å². The molecule has 0 bridgehead atoms. The van der Waals surface area contributed by atoms with Gasteiger partial charge in [0.15, 0.2) is 5.60 Å². The number of hydrogen-bond donors (Lipinski definition) is 0. The van der Waals surface area contributed by atoms with E-state index in [4.69, 9.17) is 16.3 Å². The van der Waals surface area contributed by atoms with Crippen molar-refractivity contribution in [2.45, 2.75) is 12.0 Å². The lowest BCUT2D eigenvalue weighted by Gasteiger charge is -2.31. The fourth-order valence-corrected chi connectivity index (χ4v) is 3.07. The second kappa shape index (κ2) is 4.22. The molecule has 2 heterocycles. The lowest BCUT2D eigenvalue weighted by Crippen LogP contribution is -2.42. The van der Waals surface area contributed by atoms with Crippen molar-refractivity contribution in [3.63, 3.8) is 0 Å². The van der Waals surface area contributed by atoms with Crippen molar-refractivity contribution in [2.75, 3.05) is 18.6 Å². The average molecular weight is 276 g/mol. The normalized spacial score (nSPS) is 25.5. The highest BCUT2D eigenvalue weighted by Crippen LogP contribution is 2.49. The molecule has 0 saturated heterocycles. The second-order valence-corrected chi connectivity index (χ2v) is 5.21. The monoisotopic (exact) mass is 275 g/mol. The number of rotatable bonds is 1. The zero-order chi connectivity index (χ0) is 13.6. The van der Waals surface area contributed by atoms with Crippen molar-refractivity contribution >= 4 is 23.2 Å². The Morgan fingerprint density at radius 2 is 2.32 bits per heavy atom. The molecule has 0 fully saturated rings. The second-order valence-electron chi connectivity index (χ2n) is 4.80. The predicted molar refractivity (Wildman–Crippen MR) is 75.4 cm³/mol. The van der Waals surface area contributed by atoms with Gasteiger partial charge in [0.25, 0.3) is 5.91 Å². The van der Waals surface area contributed by atoms with Crippen molar-refractivity contribution in [3.05, 3.63) is 53.1 Å². The summed E-state index contributed by atoms with van der Waals surface area (Å²) in [5, 5.41) is 0.575. The third kappa shape index (κ3) is 1.58. The summed E-state index contributed by atoms with van der Waals surface area (Å²) in [5.41, 5.74) is 1.65. The Morgan fingerprint density at radius 1 is 1.53 bits per heavy atom. The first-order valence-electron chi connectivity index (χ1n) is 6.13. The first-order chi connectivity index (χ1) is 9.10. The molecule has 3 rings (SSSR count). The number of likely N-dealkylation sites (N-methyl/N-ethyl adjacent to an activating group) is 1. The van der Waals surface area contributed by atoms with Crippen LogP contribution in [0.2, 0.25) is 5.02 Å². The van der Waals surface area contributed by atoms with Crippen LogP contribution in [0.25, 0.3) is 0 Å². The molecule has 1 aromatic rings. The smallest absolute Gasteiger partial charge is 0.264 e. The summed E-state index contributed by atoms with van der Waals surface area (Å²) < 4.78 is 5.90. The molecule has 3 nitrogen and oxygen atoms in total. The summed E-state index contributed by atoms with van der Waals surface area (Å²) in [5.74, 6) is -0.0602. The molecule has 0 saturated carbocycles. The molecule has 1 amide bonds. The maximum absolute atomic E-state index is 12.6. The molecule has 1 atom stereocenters. The third-order valence-electron chi connectivity index (χ3n) is 3.81. The molecular formula is C15H14ClNO2. The van der Waals surface area contributed by atoms with Crippen LogP contribution in [0.5, 0.6) is 0 Å². The minimum atomic E-state index is -0.963. The number of nitrogens with zero attached hydrogens (tertiary/aromatic N) is 1. The summed E-state index contributed by atoms with van der Waals surface area (Å²) in [6.07, 6.45) is 4.25. The van der Waals surface area contributed by atoms with Crippen LogP contribution in [-0.2, 0) is 15.1 Å². The number of halogens is 1. The Hall–Kier alpha value is -1.58. The Morgan fingerprint density at radius 3 is 2.95 bits per heavy atom. The van der Waals surface area contributed by atoms with Gasteiger partial charge in [-0.1, -0.05) is 36.4 Å². The number of fused-ring (bicyclic) bond motifs is 2. The van der Waals surface area contributed by atoms with E-state index in [2.05, 4.69) is 6.58 Å². The van der Waals surface area contributed by atoms with E-state index < -0.39 is 5.60 Å². The molecule has 0 aromatic heterocycles. The molecule has 98 valence electrons. The van der Waals surface area contributed by atoms with Gasteiger partial charge in [0, 0.05) is 24.1 Å². The Labute approximate surface area is 117 Å². The van der Waals surface area contributed by atoms with E-state index in [1.807, 2.05) is 18.2 Å². The molecule has 1 spiro atoms. The van der Waals surface area contributed by atoms with Gasteiger partial charge >= 0.3 is 0 Å². The highest BCUT2D eigenvalue weighted by molar-refractivity contribution is 6.33. The number of carbonyl (C=O) groups is 1. The maximum atomic E-state index is 12.6. The van der Waals surface area contributed by atoms with Crippen molar-refractivity contribution in [3.8, 4) is 0 Å². The zero-order valence-corrected chi connectivity index (χ0v) is 11.4. The quantitative estimate of drug-likeness (QED) is 0.788. The summed E-state index contributed by atoms with van der Waals surface area (Å²) >= 11 is 6.29. The Bertz CT molecular complexity index is 608. The van der Waals surface area contributed by atoms with Crippen molar-refractivity contribution in [1.82, 2.24) is 0 Å². The summed E-state index contributed by atoms with van der Waals surface area (Å²) in [4.78, 5) is 14.2. The lowest BCUT2D eigenvalue weighted by atomic mass is 9.88. The van der Waals surface area contributed by atoms with Crippen LogP contribution >= 0.6 is 11.6 Å². The largest absolute Gasteiger partial charge is 0.355 e. The van der Waals surface area contributed by atoms with E-state index in [1.165, 1.54) is 0 Å². The van der Waals surface area contributed by atoms with Crippen molar-refractivity contribution in [1.29, 1.82) is 0 Å². The molecule has 19 heavy (non-hydrogen) atoms. The maximum Gasteiger partial charge on any atom is 0.264 e. The van der Waals surface area contributed by atoms with Gasteiger partial charge < -0.3 is 9.64 Å². The van der Waals surface area contributed by atoms with Crippen molar-refractivity contribution in [2.24, 2.45) is 0 Å². The number of benzene rings is 1. The molecule has 1 unspecified atom stereocenters. The minimum absolute atomic E-state index is 0.0602. The molecule has 0 N–H and O–H groups in total. The van der Waals surface area contributed by atoms with Gasteiger partial charge in [-0.25, -0.2) is 0 Å². The first-order valence-corrected chi connectivity index (χ1v) is 6.50. The van der Waals surface area contributed by atoms with Crippen LogP contribution < -0.4 is 4.90 Å². The summed E-state index contributed by atoms with van der Waals surface area (Å²) in [6, 6.07) is 5.53. The molecule has 2 aliphatic rings. The van der Waals surface area contributed by atoms with E-state index in [0.29, 0.717) is 18.1 Å². The van der Waals surface area contributed by atoms with Crippen LogP contribution in [0.4, 0.5) is 5.69 Å². The zero-order valence-electron chi connectivity index (χ0n) is 10.6. The summed E-state index contributed by atoms with van der Waals surface area (Å²) in [7, 11) is 1.75. The molecule has 0 radical (unpaired) electrons. The van der Waals surface area contributed by atoms with Gasteiger partial charge in [-0.15, -0.1) is 0 Å². The van der Waals surface area contributed by atoms with E-state index in [9.17, 15) is 4.79 Å². The van der Waals surface area contributed by atoms with Crippen LogP contribution in [0.3, 0.4) is 0 Å². The topological polar surface area (TPSA) is 29.5 Å². The van der Waals surface area contributed by atoms with E-state index in [-0.39, 0.29) is 5.91 Å². The van der Waals surface area contributed by atoms with Crippen LogP contribution in [0, 0.1) is 0 Å². The van der Waals surface area contributed by atoms with Crippen molar-refractivity contribution < 1.29 is 9.53 Å². The summed E-state index contributed by atoms with van der Waals surface area (Å²) in [6.45, 7) is 4.11. The molecule has 4 heteroatoms. The van der Waals surface area contributed by atoms with Crippen LogP contribution in [0.1, 0.15) is 12.0 Å². The minimum Gasteiger partial charge on any atom is -0.355 e. The third-order valence-corrected chi connectivity index (χ3v) is 4.12. The lowest BCUT2D eigenvalue weighted by molar-refractivity contribution is -0.143. The van der Waals surface area contributed by atoms with E-state index in [0.717, 1.165) is 16.8 Å².